The molecular weight excluding hydrogens is 763 g/mol. The monoisotopic (exact) mass is 803 g/mol. The van der Waals surface area contributed by atoms with Crippen molar-refractivity contribution in [1.29, 1.82) is 0 Å². The normalized spacial score (nSPS) is 11.5. The standard InChI is InChI=1S/C60H41N3/c1-5-15-42(16-6-1)43-25-34-52(35-26-43)63-59-36-29-45(44-27-32-51(33-28-44)61(48-17-7-2-8-18-48)49-19-9-3-10-20-49)39-55(59)56-41-47(31-38-60(56)63)46-30-37-58-54(40-46)53-23-13-14-24-57(53)62(58)50-21-11-4-12-22-50/h1-41H. The lowest BCUT2D eigenvalue weighted by Gasteiger charge is -2.25. The van der Waals surface area contributed by atoms with E-state index in [0.29, 0.717) is 0 Å². The molecule has 0 saturated heterocycles. The first-order chi connectivity index (χ1) is 31.2. The number of fused-ring (bicyclic) bond motifs is 6. The molecule has 0 amide bonds. The second-order valence-electron chi connectivity index (χ2n) is 16.2. The van der Waals surface area contributed by atoms with Gasteiger partial charge in [0.05, 0.1) is 22.1 Å². The maximum atomic E-state index is 2.42. The minimum atomic E-state index is 1.11. The Labute approximate surface area is 366 Å². The van der Waals surface area contributed by atoms with E-state index >= 15 is 0 Å². The van der Waals surface area contributed by atoms with Crippen molar-refractivity contribution in [2.45, 2.75) is 0 Å². The lowest BCUT2D eigenvalue weighted by molar-refractivity contribution is 1.18. The minimum Gasteiger partial charge on any atom is -0.311 e. The third kappa shape index (κ3) is 6.38. The van der Waals surface area contributed by atoms with E-state index in [9.17, 15) is 0 Å². The maximum absolute atomic E-state index is 2.42. The Hall–Kier alpha value is -8.40. The predicted molar refractivity (Wildman–Crippen MR) is 266 cm³/mol. The molecule has 0 spiro atoms. The van der Waals surface area contributed by atoms with Crippen molar-refractivity contribution in [2.75, 3.05) is 4.90 Å². The molecule has 0 saturated carbocycles. The Morgan fingerprint density at radius 2 is 0.556 bits per heavy atom. The average molecular weight is 804 g/mol. The van der Waals surface area contributed by atoms with Gasteiger partial charge in [-0.25, -0.2) is 0 Å². The van der Waals surface area contributed by atoms with Crippen molar-refractivity contribution in [3.63, 3.8) is 0 Å². The molecule has 0 N–H and O–H groups in total. The maximum Gasteiger partial charge on any atom is 0.0541 e. The molecule has 10 aromatic carbocycles. The van der Waals surface area contributed by atoms with Crippen LogP contribution < -0.4 is 4.90 Å². The summed E-state index contributed by atoms with van der Waals surface area (Å²) < 4.78 is 4.80. The van der Waals surface area contributed by atoms with E-state index in [0.717, 1.165) is 28.4 Å². The first kappa shape index (κ1) is 36.5. The molecule has 0 bridgehead atoms. The molecule has 0 unspecified atom stereocenters. The van der Waals surface area contributed by atoms with Gasteiger partial charge in [0.15, 0.2) is 0 Å². The van der Waals surface area contributed by atoms with Crippen molar-refractivity contribution >= 4 is 60.7 Å². The predicted octanol–water partition coefficient (Wildman–Crippen LogP) is 16.4. The van der Waals surface area contributed by atoms with Crippen molar-refractivity contribution in [2.24, 2.45) is 0 Å². The second kappa shape index (κ2) is 15.3. The van der Waals surface area contributed by atoms with Crippen molar-refractivity contribution in [3.8, 4) is 44.8 Å². The Balaban J connectivity index is 0.999. The third-order valence-corrected chi connectivity index (χ3v) is 12.5. The highest BCUT2D eigenvalue weighted by Gasteiger charge is 2.18. The molecule has 296 valence electrons. The fraction of sp³-hybridized carbons (Fsp3) is 0. The summed E-state index contributed by atoms with van der Waals surface area (Å²) in [4.78, 5) is 2.31. The summed E-state index contributed by atoms with van der Waals surface area (Å²) in [6, 6.07) is 90.0. The molecular formula is C60H41N3. The SMILES string of the molecule is c1ccc(-c2ccc(-n3c4ccc(-c5ccc(N(c6ccccc6)c6ccccc6)cc5)cc4c4cc(-c5ccc6c(c5)c5ccccc5n6-c5ccccc5)ccc43)cc2)cc1. The van der Waals surface area contributed by atoms with Gasteiger partial charge in [0.1, 0.15) is 0 Å². The highest BCUT2D eigenvalue weighted by Crippen LogP contribution is 2.41. The van der Waals surface area contributed by atoms with Gasteiger partial charge in [-0.1, -0.05) is 146 Å². The Morgan fingerprint density at radius 3 is 1.10 bits per heavy atom. The molecule has 3 heteroatoms. The van der Waals surface area contributed by atoms with Gasteiger partial charge in [-0.15, -0.1) is 0 Å². The quantitative estimate of drug-likeness (QED) is 0.149. The summed E-state index contributed by atoms with van der Waals surface area (Å²) >= 11 is 0. The molecule has 12 aromatic rings. The van der Waals surface area contributed by atoms with Gasteiger partial charge in [0.25, 0.3) is 0 Å². The molecule has 63 heavy (non-hydrogen) atoms. The van der Waals surface area contributed by atoms with Crippen LogP contribution in [0.1, 0.15) is 0 Å². The Morgan fingerprint density at radius 1 is 0.222 bits per heavy atom. The molecule has 2 heterocycles. The van der Waals surface area contributed by atoms with E-state index in [2.05, 4.69) is 263 Å². The number of aromatic nitrogens is 2. The van der Waals surface area contributed by atoms with E-state index in [4.69, 9.17) is 0 Å². The van der Waals surface area contributed by atoms with E-state index in [-0.39, 0.29) is 0 Å². The van der Waals surface area contributed by atoms with E-state index < -0.39 is 0 Å². The smallest absolute Gasteiger partial charge is 0.0541 e. The third-order valence-electron chi connectivity index (χ3n) is 12.5. The lowest BCUT2D eigenvalue weighted by atomic mass is 9.99. The van der Waals surface area contributed by atoms with E-state index in [1.54, 1.807) is 0 Å². The zero-order valence-electron chi connectivity index (χ0n) is 34.5. The molecule has 0 aliphatic carbocycles. The average Bonchev–Trinajstić information content (AvgIpc) is 3.87. The first-order valence-corrected chi connectivity index (χ1v) is 21.6. The molecule has 0 fully saturated rings. The van der Waals surface area contributed by atoms with Crippen LogP contribution in [0.25, 0.3) is 88.4 Å². The van der Waals surface area contributed by atoms with Gasteiger partial charge in [-0.3, -0.25) is 0 Å². The van der Waals surface area contributed by atoms with Crippen LogP contribution in [0.15, 0.2) is 249 Å². The van der Waals surface area contributed by atoms with Gasteiger partial charge in [0, 0.05) is 50.0 Å². The summed E-state index contributed by atoms with van der Waals surface area (Å²) in [5.41, 5.74) is 17.6. The molecule has 0 atom stereocenters. The molecule has 0 radical (unpaired) electrons. The van der Waals surface area contributed by atoms with Crippen LogP contribution in [-0.2, 0) is 0 Å². The van der Waals surface area contributed by atoms with Gasteiger partial charge in [0.2, 0.25) is 0 Å². The summed E-state index contributed by atoms with van der Waals surface area (Å²) in [6.45, 7) is 0. The zero-order valence-corrected chi connectivity index (χ0v) is 34.5. The van der Waals surface area contributed by atoms with Crippen molar-refractivity contribution in [3.05, 3.63) is 249 Å². The molecule has 12 rings (SSSR count). The van der Waals surface area contributed by atoms with Crippen LogP contribution in [0.5, 0.6) is 0 Å². The zero-order chi connectivity index (χ0) is 41.7. The number of benzene rings is 10. The molecule has 2 aromatic heterocycles. The van der Waals surface area contributed by atoms with E-state index in [1.807, 2.05) is 0 Å². The van der Waals surface area contributed by atoms with Gasteiger partial charge >= 0.3 is 0 Å². The number of hydrogen-bond donors (Lipinski definition) is 0. The van der Waals surface area contributed by atoms with E-state index in [1.165, 1.54) is 77.0 Å². The van der Waals surface area contributed by atoms with Crippen LogP contribution in [0, 0.1) is 0 Å². The number of anilines is 3. The highest BCUT2D eigenvalue weighted by molar-refractivity contribution is 6.13. The first-order valence-electron chi connectivity index (χ1n) is 21.6. The highest BCUT2D eigenvalue weighted by atomic mass is 15.1. The lowest BCUT2D eigenvalue weighted by Crippen LogP contribution is -2.09. The molecule has 0 aliphatic rings. The summed E-state index contributed by atoms with van der Waals surface area (Å²) in [5.74, 6) is 0. The van der Waals surface area contributed by atoms with Crippen LogP contribution in [-0.4, -0.2) is 9.13 Å². The van der Waals surface area contributed by atoms with Crippen LogP contribution in [0.2, 0.25) is 0 Å². The number of hydrogen-bond acceptors (Lipinski definition) is 1. The summed E-state index contributed by atoms with van der Waals surface area (Å²) in [6.07, 6.45) is 0. The summed E-state index contributed by atoms with van der Waals surface area (Å²) in [5, 5.41) is 4.94. The topological polar surface area (TPSA) is 13.1 Å². The number of para-hydroxylation sites is 4. The summed E-state index contributed by atoms with van der Waals surface area (Å²) in [7, 11) is 0. The van der Waals surface area contributed by atoms with Gasteiger partial charge in [-0.05, 0) is 137 Å². The fourth-order valence-corrected chi connectivity index (χ4v) is 9.51. The van der Waals surface area contributed by atoms with Crippen molar-refractivity contribution in [1.82, 2.24) is 9.13 Å². The van der Waals surface area contributed by atoms with Crippen LogP contribution in [0.4, 0.5) is 17.1 Å². The Bertz CT molecular complexity index is 3530. The molecule has 3 nitrogen and oxygen atoms in total. The van der Waals surface area contributed by atoms with Crippen molar-refractivity contribution < 1.29 is 0 Å². The largest absolute Gasteiger partial charge is 0.311 e. The molecule has 0 aliphatic heterocycles. The minimum absolute atomic E-state index is 1.11. The second-order valence-corrected chi connectivity index (χ2v) is 16.2. The van der Waals surface area contributed by atoms with Crippen LogP contribution in [0.3, 0.4) is 0 Å². The van der Waals surface area contributed by atoms with Crippen LogP contribution >= 0.6 is 0 Å². The van der Waals surface area contributed by atoms with Gasteiger partial charge in [-0.2, -0.15) is 0 Å². The Kier molecular flexibility index (Phi) is 8.83. The van der Waals surface area contributed by atoms with Gasteiger partial charge < -0.3 is 14.0 Å². The number of rotatable bonds is 8. The number of nitrogens with zero attached hydrogens (tertiary/aromatic N) is 3. The fourth-order valence-electron chi connectivity index (χ4n) is 9.51.